The lowest BCUT2D eigenvalue weighted by Crippen LogP contribution is -2.40. The summed E-state index contributed by atoms with van der Waals surface area (Å²) in [6.45, 7) is 2.14. The van der Waals surface area contributed by atoms with E-state index >= 15 is 0 Å². The molecule has 0 aromatic rings. The minimum atomic E-state index is -0.565. The summed E-state index contributed by atoms with van der Waals surface area (Å²) < 4.78 is 0. The number of rotatable bonds is 2. The molecule has 1 heterocycles. The Bertz CT molecular complexity index is 203. The van der Waals surface area contributed by atoms with E-state index in [4.69, 9.17) is 5.73 Å². The highest BCUT2D eigenvalue weighted by Crippen LogP contribution is 2.25. The molecule has 0 aromatic carbocycles. The standard InChI is InChI=1S/C11H22N2O2/c12-9-4-2-1-3-8(9)5-13-6-10(14)11(15)7-13/h8-11,14-15H,1-7,12H2. The van der Waals surface area contributed by atoms with Gasteiger partial charge >= 0.3 is 0 Å². The Morgan fingerprint density at radius 2 is 1.67 bits per heavy atom. The van der Waals surface area contributed by atoms with Crippen LogP contribution in [0.15, 0.2) is 0 Å². The van der Waals surface area contributed by atoms with Crippen molar-refractivity contribution in [1.82, 2.24) is 4.90 Å². The highest BCUT2D eigenvalue weighted by molar-refractivity contribution is 4.87. The second-order valence-electron chi connectivity index (χ2n) is 5.06. The van der Waals surface area contributed by atoms with E-state index in [0.29, 0.717) is 25.0 Å². The van der Waals surface area contributed by atoms with Crippen molar-refractivity contribution in [2.75, 3.05) is 19.6 Å². The molecule has 2 rings (SSSR count). The van der Waals surface area contributed by atoms with E-state index in [9.17, 15) is 10.2 Å². The van der Waals surface area contributed by atoms with Crippen LogP contribution < -0.4 is 5.73 Å². The van der Waals surface area contributed by atoms with Crippen LogP contribution in [0, 0.1) is 5.92 Å². The average molecular weight is 214 g/mol. The van der Waals surface area contributed by atoms with Gasteiger partial charge in [-0.15, -0.1) is 0 Å². The van der Waals surface area contributed by atoms with E-state index < -0.39 is 12.2 Å². The maximum Gasteiger partial charge on any atom is 0.0938 e. The molecule has 2 aliphatic rings. The summed E-state index contributed by atoms with van der Waals surface area (Å²) in [5.74, 6) is 0.552. The molecular weight excluding hydrogens is 192 g/mol. The molecule has 1 aliphatic carbocycles. The lowest BCUT2D eigenvalue weighted by Gasteiger charge is -2.31. The third-order valence-electron chi connectivity index (χ3n) is 3.80. The molecule has 88 valence electrons. The van der Waals surface area contributed by atoms with Crippen LogP contribution in [0.25, 0.3) is 0 Å². The highest BCUT2D eigenvalue weighted by Gasteiger charge is 2.32. The second-order valence-corrected chi connectivity index (χ2v) is 5.06. The van der Waals surface area contributed by atoms with Gasteiger partial charge in [0.2, 0.25) is 0 Å². The van der Waals surface area contributed by atoms with E-state index in [1.165, 1.54) is 19.3 Å². The minimum absolute atomic E-state index is 0.314. The SMILES string of the molecule is NC1CCCCC1CN1CC(O)C(O)C1. The van der Waals surface area contributed by atoms with Crippen LogP contribution in [-0.2, 0) is 0 Å². The maximum absolute atomic E-state index is 9.44. The summed E-state index contributed by atoms with van der Waals surface area (Å²) in [6, 6.07) is 0.314. The summed E-state index contributed by atoms with van der Waals surface area (Å²) in [4.78, 5) is 2.14. The van der Waals surface area contributed by atoms with Crippen LogP contribution in [0.5, 0.6) is 0 Å². The van der Waals surface area contributed by atoms with Crippen molar-refractivity contribution < 1.29 is 10.2 Å². The second kappa shape index (κ2) is 4.78. The number of nitrogens with zero attached hydrogens (tertiary/aromatic N) is 1. The van der Waals surface area contributed by atoms with Gasteiger partial charge in [-0.05, 0) is 18.8 Å². The van der Waals surface area contributed by atoms with E-state index in [1.807, 2.05) is 0 Å². The zero-order valence-corrected chi connectivity index (χ0v) is 9.18. The van der Waals surface area contributed by atoms with Crippen molar-refractivity contribution in [2.24, 2.45) is 11.7 Å². The van der Waals surface area contributed by atoms with Gasteiger partial charge in [0, 0.05) is 25.7 Å². The first-order chi connectivity index (χ1) is 7.16. The zero-order valence-electron chi connectivity index (χ0n) is 9.18. The summed E-state index contributed by atoms with van der Waals surface area (Å²) in [6.07, 6.45) is 3.72. The Balaban J connectivity index is 1.81. The summed E-state index contributed by atoms with van der Waals surface area (Å²) in [5.41, 5.74) is 6.07. The van der Waals surface area contributed by atoms with Crippen molar-refractivity contribution in [3.05, 3.63) is 0 Å². The first-order valence-corrected chi connectivity index (χ1v) is 6.01. The number of aliphatic hydroxyl groups is 2. The van der Waals surface area contributed by atoms with Crippen LogP contribution in [0.1, 0.15) is 25.7 Å². The van der Waals surface area contributed by atoms with Gasteiger partial charge < -0.3 is 15.9 Å². The molecule has 1 saturated heterocycles. The maximum atomic E-state index is 9.44. The first kappa shape index (κ1) is 11.3. The van der Waals surface area contributed by atoms with Crippen molar-refractivity contribution in [2.45, 2.75) is 43.9 Å². The number of likely N-dealkylation sites (tertiary alicyclic amines) is 1. The quantitative estimate of drug-likeness (QED) is 0.582. The van der Waals surface area contributed by atoms with Gasteiger partial charge in [-0.2, -0.15) is 0 Å². The molecule has 0 radical (unpaired) electrons. The van der Waals surface area contributed by atoms with Crippen molar-refractivity contribution in [1.29, 1.82) is 0 Å². The van der Waals surface area contributed by atoms with Crippen molar-refractivity contribution >= 4 is 0 Å². The summed E-state index contributed by atoms with van der Waals surface area (Å²) in [5, 5.41) is 18.9. The fourth-order valence-electron chi connectivity index (χ4n) is 2.79. The molecule has 15 heavy (non-hydrogen) atoms. The number of aliphatic hydroxyl groups excluding tert-OH is 2. The fourth-order valence-corrected chi connectivity index (χ4v) is 2.79. The molecular formula is C11H22N2O2. The van der Waals surface area contributed by atoms with E-state index in [0.717, 1.165) is 13.0 Å². The van der Waals surface area contributed by atoms with Crippen molar-refractivity contribution in [3.8, 4) is 0 Å². The molecule has 1 saturated carbocycles. The zero-order chi connectivity index (χ0) is 10.8. The van der Waals surface area contributed by atoms with Crippen LogP contribution in [0.3, 0.4) is 0 Å². The number of nitrogens with two attached hydrogens (primary N) is 1. The van der Waals surface area contributed by atoms with E-state index in [1.54, 1.807) is 0 Å². The third-order valence-corrected chi connectivity index (χ3v) is 3.80. The monoisotopic (exact) mass is 214 g/mol. The molecule has 0 amide bonds. The van der Waals surface area contributed by atoms with Gasteiger partial charge in [0.1, 0.15) is 0 Å². The number of hydrogen-bond donors (Lipinski definition) is 3. The predicted molar refractivity (Wildman–Crippen MR) is 58.4 cm³/mol. The van der Waals surface area contributed by atoms with Crippen LogP contribution in [-0.4, -0.2) is 53.0 Å². The average Bonchev–Trinajstić information content (AvgIpc) is 2.50. The largest absolute Gasteiger partial charge is 0.389 e. The smallest absolute Gasteiger partial charge is 0.0938 e. The van der Waals surface area contributed by atoms with E-state index in [2.05, 4.69) is 4.90 Å². The van der Waals surface area contributed by atoms with Crippen LogP contribution >= 0.6 is 0 Å². The van der Waals surface area contributed by atoms with Gasteiger partial charge in [-0.1, -0.05) is 12.8 Å². The van der Waals surface area contributed by atoms with Crippen LogP contribution in [0.2, 0.25) is 0 Å². The van der Waals surface area contributed by atoms with Gasteiger partial charge in [-0.3, -0.25) is 4.90 Å². The predicted octanol–water partition coefficient (Wildman–Crippen LogP) is -0.459. The van der Waals surface area contributed by atoms with E-state index in [-0.39, 0.29) is 0 Å². The minimum Gasteiger partial charge on any atom is -0.389 e. The number of hydrogen-bond acceptors (Lipinski definition) is 4. The van der Waals surface area contributed by atoms with Gasteiger partial charge in [0.25, 0.3) is 0 Å². The molecule has 4 N–H and O–H groups in total. The van der Waals surface area contributed by atoms with Crippen molar-refractivity contribution in [3.63, 3.8) is 0 Å². The summed E-state index contributed by atoms with van der Waals surface area (Å²) >= 11 is 0. The molecule has 0 aromatic heterocycles. The lowest BCUT2D eigenvalue weighted by molar-refractivity contribution is 0.0572. The molecule has 2 fully saturated rings. The Kier molecular flexibility index (Phi) is 3.61. The Labute approximate surface area is 91.1 Å². The molecule has 0 bridgehead atoms. The van der Waals surface area contributed by atoms with Gasteiger partial charge in [0.15, 0.2) is 0 Å². The molecule has 4 nitrogen and oxygen atoms in total. The molecule has 4 atom stereocenters. The topological polar surface area (TPSA) is 69.7 Å². The highest BCUT2D eigenvalue weighted by atomic mass is 16.3. The molecule has 4 unspecified atom stereocenters. The fraction of sp³-hybridized carbons (Fsp3) is 1.00. The van der Waals surface area contributed by atoms with Gasteiger partial charge in [0.05, 0.1) is 12.2 Å². The molecule has 0 spiro atoms. The van der Waals surface area contributed by atoms with Crippen LogP contribution in [0.4, 0.5) is 0 Å². The third kappa shape index (κ3) is 2.69. The Morgan fingerprint density at radius 1 is 1.07 bits per heavy atom. The van der Waals surface area contributed by atoms with Gasteiger partial charge in [-0.25, -0.2) is 0 Å². The Hall–Kier alpha value is -0.160. The molecule has 4 heteroatoms. The number of β-amino-alcohol motifs (C(OH)–C–C–N with tert-alkyl or cyclic N) is 2. The first-order valence-electron chi connectivity index (χ1n) is 6.01. The Morgan fingerprint density at radius 3 is 2.27 bits per heavy atom. The summed E-state index contributed by atoms with van der Waals surface area (Å²) in [7, 11) is 0. The molecule has 1 aliphatic heterocycles. The normalized spacial score (nSPS) is 43.4. The lowest BCUT2D eigenvalue weighted by atomic mass is 9.85.